The number of carbonyl (C=O) groups excluding carboxylic acids is 6. The van der Waals surface area contributed by atoms with Crippen LogP contribution >= 0.6 is 0 Å². The van der Waals surface area contributed by atoms with Gasteiger partial charge in [0.25, 0.3) is 5.91 Å². The molecule has 0 spiro atoms. The molecule has 2 aliphatic heterocycles. The van der Waals surface area contributed by atoms with E-state index in [1.165, 1.54) is 41.1 Å². The normalized spacial score (nSPS) is 24.6. The Hall–Kier alpha value is -6.12. The van der Waals surface area contributed by atoms with Crippen molar-refractivity contribution in [2.24, 2.45) is 0 Å². The van der Waals surface area contributed by atoms with Crippen LogP contribution in [-0.4, -0.2) is 119 Å². The fourth-order valence-electron chi connectivity index (χ4n) is 6.06. The van der Waals surface area contributed by atoms with Crippen LogP contribution in [0.25, 0.3) is 5.65 Å². The van der Waals surface area contributed by atoms with E-state index in [-0.39, 0.29) is 29.8 Å². The standard InChI is InChI=1S/C36H39N3O17/c1-17(40)50-25-12-27(35(47)48-5)56-36(32(25)53-20(4)43)49-16-28-31(52-19(3)42)26(51-18(2)41)13-30(55-28)54-23-9-6-21(7-10-23)33(44)37-22-8-11-29-38-24(34(45)46)15-39(29)14-22/h6-11,14-15,25-28,30-32,36H,12-13,16H2,1-5H3,(H,37,44)(H,45,46)/t25-,26+,27?,28+,30?,31+,32+,36+/m0/s1. The Kier molecular flexibility index (Phi) is 13.2. The predicted octanol–water partition coefficient (Wildman–Crippen LogP) is 1.81. The molecule has 1 aromatic carbocycles. The lowest BCUT2D eigenvalue weighted by Crippen LogP contribution is -2.57. The number of benzene rings is 1. The lowest BCUT2D eigenvalue weighted by molar-refractivity contribution is -0.295. The summed E-state index contributed by atoms with van der Waals surface area (Å²) in [5.41, 5.74) is 0.843. The van der Waals surface area contributed by atoms with Crippen molar-refractivity contribution in [2.75, 3.05) is 19.0 Å². The molecule has 1 amide bonds. The lowest BCUT2D eigenvalue weighted by atomic mass is 10.00. The van der Waals surface area contributed by atoms with Crippen LogP contribution in [-0.2, 0) is 61.9 Å². The van der Waals surface area contributed by atoms with Crippen LogP contribution in [0.1, 0.15) is 61.4 Å². The predicted molar refractivity (Wildman–Crippen MR) is 184 cm³/mol. The second-order valence-corrected chi connectivity index (χ2v) is 12.6. The van der Waals surface area contributed by atoms with Gasteiger partial charge >= 0.3 is 35.8 Å². The third-order valence-corrected chi connectivity index (χ3v) is 8.30. The van der Waals surface area contributed by atoms with Gasteiger partial charge in [-0.2, -0.15) is 0 Å². The first-order valence-corrected chi connectivity index (χ1v) is 17.1. The third kappa shape index (κ3) is 10.5. The van der Waals surface area contributed by atoms with E-state index in [1.807, 2.05) is 0 Å². The summed E-state index contributed by atoms with van der Waals surface area (Å²) in [6, 6.07) is 9.05. The molecule has 0 aliphatic carbocycles. The van der Waals surface area contributed by atoms with E-state index < -0.39 is 97.5 Å². The summed E-state index contributed by atoms with van der Waals surface area (Å²) >= 11 is 0. The van der Waals surface area contributed by atoms with E-state index in [0.717, 1.165) is 34.8 Å². The van der Waals surface area contributed by atoms with Gasteiger partial charge in [-0.05, 0) is 36.4 Å². The number of methoxy groups -OCH3 is 1. The molecular formula is C36H39N3O17. The summed E-state index contributed by atoms with van der Waals surface area (Å²) in [6.45, 7) is 4.06. The fourth-order valence-corrected chi connectivity index (χ4v) is 6.06. The van der Waals surface area contributed by atoms with Crippen molar-refractivity contribution in [1.82, 2.24) is 9.38 Å². The molecule has 3 aromatic rings. The molecule has 0 saturated carbocycles. The van der Waals surface area contributed by atoms with Gasteiger partial charge in [0.2, 0.25) is 6.29 Å². The number of carbonyl (C=O) groups is 7. The zero-order valence-corrected chi connectivity index (χ0v) is 30.7. The maximum Gasteiger partial charge on any atom is 0.356 e. The number of pyridine rings is 1. The van der Waals surface area contributed by atoms with Gasteiger partial charge in [0.15, 0.2) is 30.3 Å². The van der Waals surface area contributed by atoms with Gasteiger partial charge in [0.1, 0.15) is 29.7 Å². The number of hydrogen-bond acceptors (Lipinski definition) is 17. The number of imidazole rings is 1. The monoisotopic (exact) mass is 785 g/mol. The molecule has 2 unspecified atom stereocenters. The molecule has 0 radical (unpaired) electrons. The van der Waals surface area contributed by atoms with Crippen LogP contribution in [0.3, 0.4) is 0 Å². The Bertz CT molecular complexity index is 1960. The number of ether oxygens (including phenoxy) is 9. The van der Waals surface area contributed by atoms with Gasteiger partial charge in [-0.25, -0.2) is 14.6 Å². The van der Waals surface area contributed by atoms with Crippen LogP contribution in [0.4, 0.5) is 5.69 Å². The smallest absolute Gasteiger partial charge is 0.356 e. The number of nitrogens with one attached hydrogen (secondary N) is 1. The number of nitrogens with zero attached hydrogens (tertiary/aromatic N) is 2. The van der Waals surface area contributed by atoms with E-state index in [4.69, 9.17) is 42.6 Å². The van der Waals surface area contributed by atoms with Crippen LogP contribution in [0.15, 0.2) is 48.8 Å². The summed E-state index contributed by atoms with van der Waals surface area (Å²) in [5, 5.41) is 11.9. The highest BCUT2D eigenvalue weighted by Crippen LogP contribution is 2.31. The molecule has 2 aromatic heterocycles. The molecule has 0 bridgehead atoms. The highest BCUT2D eigenvalue weighted by atomic mass is 16.7. The van der Waals surface area contributed by atoms with Gasteiger partial charge in [-0.3, -0.25) is 24.0 Å². The molecule has 5 rings (SSSR count). The first kappa shape index (κ1) is 41.1. The quantitative estimate of drug-likeness (QED) is 0.185. The Labute approximate surface area is 318 Å². The number of fused-ring (bicyclic) bond motifs is 1. The lowest BCUT2D eigenvalue weighted by Gasteiger charge is -2.42. The van der Waals surface area contributed by atoms with E-state index in [0.29, 0.717) is 11.3 Å². The zero-order valence-electron chi connectivity index (χ0n) is 30.7. The van der Waals surface area contributed by atoms with Gasteiger partial charge in [0.05, 0.1) is 25.8 Å². The molecule has 20 heteroatoms. The van der Waals surface area contributed by atoms with E-state index >= 15 is 0 Å². The molecule has 2 N–H and O–H groups in total. The molecular weight excluding hydrogens is 746 g/mol. The topological polar surface area (TPSA) is 252 Å². The highest BCUT2D eigenvalue weighted by molar-refractivity contribution is 6.04. The van der Waals surface area contributed by atoms with Gasteiger partial charge in [-0.15, -0.1) is 0 Å². The number of esters is 5. The number of aromatic carboxylic acids is 1. The largest absolute Gasteiger partial charge is 0.476 e. The average Bonchev–Trinajstić information content (AvgIpc) is 3.56. The minimum absolute atomic E-state index is 0.120. The van der Waals surface area contributed by atoms with Crippen molar-refractivity contribution in [3.63, 3.8) is 0 Å². The van der Waals surface area contributed by atoms with Gasteiger partial charge in [-0.1, -0.05) is 0 Å². The number of carboxylic acids is 1. The van der Waals surface area contributed by atoms with Crippen molar-refractivity contribution in [1.29, 1.82) is 0 Å². The third-order valence-electron chi connectivity index (χ3n) is 8.30. The van der Waals surface area contributed by atoms with Crippen molar-refractivity contribution >= 4 is 53.1 Å². The Morgan fingerprint density at radius 2 is 1.43 bits per heavy atom. The highest BCUT2D eigenvalue weighted by Gasteiger charge is 2.49. The maximum atomic E-state index is 13.0. The van der Waals surface area contributed by atoms with E-state index in [2.05, 4.69) is 10.3 Å². The Morgan fingerprint density at radius 1 is 0.804 bits per heavy atom. The van der Waals surface area contributed by atoms with Crippen LogP contribution in [0.5, 0.6) is 5.75 Å². The van der Waals surface area contributed by atoms with Crippen molar-refractivity contribution in [3.8, 4) is 5.75 Å². The molecule has 2 saturated heterocycles. The van der Waals surface area contributed by atoms with Gasteiger partial charge in [0, 0.05) is 52.1 Å². The summed E-state index contributed by atoms with van der Waals surface area (Å²) < 4.78 is 51.9. The first-order chi connectivity index (χ1) is 26.6. The molecule has 8 atom stereocenters. The second-order valence-electron chi connectivity index (χ2n) is 12.6. The van der Waals surface area contributed by atoms with Crippen molar-refractivity contribution in [3.05, 3.63) is 60.0 Å². The Balaban J connectivity index is 1.32. The summed E-state index contributed by atoms with van der Waals surface area (Å²) in [6.07, 6.45) is -7.58. The van der Waals surface area contributed by atoms with Crippen LogP contribution in [0, 0.1) is 0 Å². The maximum absolute atomic E-state index is 13.0. The number of anilines is 1. The summed E-state index contributed by atoms with van der Waals surface area (Å²) in [7, 11) is 1.13. The SMILES string of the molecule is COC(=O)C1C[C@H](OC(C)=O)[C@@H](OC(C)=O)[C@H](OC[C@H]2OC(Oc3ccc(C(=O)Nc4ccc5nc(C(=O)O)cn5c4)cc3)C[C@@H](OC(C)=O)[C@H]2OC(C)=O)O1. The number of rotatable bonds is 13. The molecule has 2 fully saturated rings. The first-order valence-electron chi connectivity index (χ1n) is 17.1. The summed E-state index contributed by atoms with van der Waals surface area (Å²) in [5.74, 6) is -5.20. The van der Waals surface area contributed by atoms with Crippen molar-refractivity contribution in [2.45, 2.75) is 89.7 Å². The van der Waals surface area contributed by atoms with E-state index in [1.54, 1.807) is 12.1 Å². The van der Waals surface area contributed by atoms with Crippen LogP contribution < -0.4 is 10.1 Å². The van der Waals surface area contributed by atoms with E-state index in [9.17, 15) is 38.7 Å². The molecule has 4 heterocycles. The summed E-state index contributed by atoms with van der Waals surface area (Å²) in [4.78, 5) is 89.0. The number of amides is 1. The van der Waals surface area contributed by atoms with Gasteiger partial charge < -0.3 is 57.5 Å². The molecule has 2 aliphatic rings. The second kappa shape index (κ2) is 18.0. The number of aromatic nitrogens is 2. The molecule has 300 valence electrons. The Morgan fingerprint density at radius 3 is 2.04 bits per heavy atom. The number of carboxylic acid groups (broad SMARTS) is 1. The minimum Gasteiger partial charge on any atom is -0.476 e. The number of hydrogen-bond donors (Lipinski definition) is 2. The molecule has 56 heavy (non-hydrogen) atoms. The zero-order chi connectivity index (χ0) is 40.7. The minimum atomic E-state index is -1.53. The van der Waals surface area contributed by atoms with Crippen molar-refractivity contribution < 1.29 is 81.3 Å². The average molecular weight is 786 g/mol. The van der Waals surface area contributed by atoms with Crippen LogP contribution in [0.2, 0.25) is 0 Å². The molecule has 20 nitrogen and oxygen atoms in total. The fraction of sp³-hybridized carbons (Fsp3) is 0.444.